The molecule has 0 aliphatic carbocycles. The largest absolute Gasteiger partial charge is 0.504 e. The van der Waals surface area contributed by atoms with Crippen molar-refractivity contribution in [3.8, 4) is 0 Å². The van der Waals surface area contributed by atoms with Gasteiger partial charge in [-0.2, -0.15) is 0 Å². The molecule has 0 fully saturated rings. The van der Waals surface area contributed by atoms with Crippen molar-refractivity contribution in [2.45, 2.75) is 13.8 Å². The first-order chi connectivity index (χ1) is 4.46. The van der Waals surface area contributed by atoms with Crippen LogP contribution in [0.3, 0.4) is 0 Å². The first-order valence-electron chi connectivity index (χ1n) is 2.90. The molecule has 56 valence electrons. The van der Waals surface area contributed by atoms with Crippen molar-refractivity contribution >= 4 is 0 Å². The molecule has 0 saturated carbocycles. The van der Waals surface area contributed by atoms with E-state index in [4.69, 9.17) is 10.2 Å². The number of hydrogen-bond donors (Lipinski definition) is 2. The highest BCUT2D eigenvalue weighted by Crippen LogP contribution is 2.12. The molecular weight excluding hydrogens is 128 g/mol. The van der Waals surface area contributed by atoms with Gasteiger partial charge in [0.1, 0.15) is 0 Å². The lowest BCUT2D eigenvalue weighted by atomic mass is 10.2. The van der Waals surface area contributed by atoms with Crippen molar-refractivity contribution < 1.29 is 10.2 Å². The summed E-state index contributed by atoms with van der Waals surface area (Å²) in [5.41, 5.74) is 0.862. The van der Waals surface area contributed by atoms with Crippen LogP contribution < -0.4 is 0 Å². The van der Waals surface area contributed by atoms with Crippen LogP contribution in [0.2, 0.25) is 0 Å². The Morgan fingerprint density at radius 3 is 1.20 bits per heavy atom. The standard InChI is InChI=1S/C8H12O2/c1-5(2)7(9)8(10)6(3)4/h9-10H,1,3H2,2,4H3/b8-7-. The molecule has 0 atom stereocenters. The Kier molecular flexibility index (Phi) is 2.74. The fourth-order valence-electron chi connectivity index (χ4n) is 0.404. The third-order valence-electron chi connectivity index (χ3n) is 1.03. The number of allylic oxidation sites excluding steroid dienone is 2. The summed E-state index contributed by atoms with van der Waals surface area (Å²) in [6.45, 7) is 10.1. The summed E-state index contributed by atoms with van der Waals surface area (Å²) in [5.74, 6) is -0.375. The van der Waals surface area contributed by atoms with Crippen molar-refractivity contribution in [3.63, 3.8) is 0 Å². The van der Waals surface area contributed by atoms with Gasteiger partial charge in [-0.15, -0.1) is 0 Å². The van der Waals surface area contributed by atoms with E-state index in [-0.39, 0.29) is 11.5 Å². The van der Waals surface area contributed by atoms with Gasteiger partial charge in [-0.25, -0.2) is 0 Å². The molecule has 0 aromatic rings. The van der Waals surface area contributed by atoms with Gasteiger partial charge in [-0.1, -0.05) is 13.2 Å². The quantitative estimate of drug-likeness (QED) is 0.457. The highest BCUT2D eigenvalue weighted by molar-refractivity contribution is 5.31. The molecule has 0 spiro atoms. The number of hydrogen-bond acceptors (Lipinski definition) is 2. The zero-order valence-electron chi connectivity index (χ0n) is 6.31. The summed E-state index contributed by atoms with van der Waals surface area (Å²) in [6.07, 6.45) is 0. The van der Waals surface area contributed by atoms with Crippen molar-refractivity contribution in [1.82, 2.24) is 0 Å². The van der Waals surface area contributed by atoms with Crippen molar-refractivity contribution in [2.75, 3.05) is 0 Å². The van der Waals surface area contributed by atoms with Crippen molar-refractivity contribution in [1.29, 1.82) is 0 Å². The van der Waals surface area contributed by atoms with E-state index in [1.165, 1.54) is 0 Å². The van der Waals surface area contributed by atoms with Crippen LogP contribution in [-0.2, 0) is 0 Å². The fraction of sp³-hybridized carbons (Fsp3) is 0.250. The zero-order chi connectivity index (χ0) is 8.31. The molecule has 0 heterocycles. The maximum atomic E-state index is 9.03. The molecular formula is C8H12O2. The summed E-state index contributed by atoms with van der Waals surface area (Å²) < 4.78 is 0. The Balaban J connectivity index is 4.67. The summed E-state index contributed by atoms with van der Waals surface area (Å²) in [6, 6.07) is 0. The Morgan fingerprint density at radius 1 is 0.900 bits per heavy atom. The predicted molar refractivity (Wildman–Crippen MR) is 41.9 cm³/mol. The molecule has 2 heteroatoms. The molecule has 0 aromatic carbocycles. The molecule has 0 amide bonds. The van der Waals surface area contributed by atoms with Gasteiger partial charge in [0.25, 0.3) is 0 Å². The monoisotopic (exact) mass is 140 g/mol. The Labute approximate surface area is 60.8 Å². The summed E-state index contributed by atoms with van der Waals surface area (Å²) in [7, 11) is 0. The Hall–Kier alpha value is -1.18. The second kappa shape index (κ2) is 3.11. The van der Waals surface area contributed by atoms with Crippen molar-refractivity contribution in [2.24, 2.45) is 0 Å². The molecule has 0 bridgehead atoms. The third kappa shape index (κ3) is 1.97. The molecule has 0 aliphatic heterocycles. The van der Waals surface area contributed by atoms with Crippen LogP contribution >= 0.6 is 0 Å². The molecule has 2 nitrogen and oxygen atoms in total. The molecule has 2 N–H and O–H groups in total. The lowest BCUT2D eigenvalue weighted by Gasteiger charge is -2.02. The average Bonchev–Trinajstić information content (AvgIpc) is 1.84. The van der Waals surface area contributed by atoms with Gasteiger partial charge in [-0.05, 0) is 25.0 Å². The van der Waals surface area contributed by atoms with E-state index < -0.39 is 0 Å². The number of aliphatic hydroxyl groups is 2. The average molecular weight is 140 g/mol. The van der Waals surface area contributed by atoms with Gasteiger partial charge >= 0.3 is 0 Å². The van der Waals surface area contributed by atoms with E-state index in [9.17, 15) is 0 Å². The SMILES string of the molecule is C=C(C)/C(O)=C(/O)C(=C)C. The normalized spacial score (nSPS) is 12.2. The van der Waals surface area contributed by atoms with Gasteiger partial charge < -0.3 is 10.2 Å². The van der Waals surface area contributed by atoms with E-state index in [1.807, 2.05) is 0 Å². The van der Waals surface area contributed by atoms with Crippen LogP contribution in [0.15, 0.2) is 35.8 Å². The molecule has 10 heavy (non-hydrogen) atoms. The lowest BCUT2D eigenvalue weighted by Crippen LogP contribution is -1.91. The van der Waals surface area contributed by atoms with Crippen LogP contribution in [0.4, 0.5) is 0 Å². The zero-order valence-corrected chi connectivity index (χ0v) is 6.31. The Morgan fingerprint density at radius 2 is 1.10 bits per heavy atom. The van der Waals surface area contributed by atoms with E-state index in [0.29, 0.717) is 11.1 Å². The first kappa shape index (κ1) is 8.82. The Bertz CT molecular complexity index is 177. The maximum Gasteiger partial charge on any atom is 0.160 e. The van der Waals surface area contributed by atoms with Crippen LogP contribution in [0.25, 0.3) is 0 Å². The topological polar surface area (TPSA) is 40.5 Å². The summed E-state index contributed by atoms with van der Waals surface area (Å²) in [4.78, 5) is 0. The second-order valence-electron chi connectivity index (χ2n) is 2.26. The molecule has 0 aliphatic rings. The second-order valence-corrected chi connectivity index (χ2v) is 2.26. The van der Waals surface area contributed by atoms with E-state index in [2.05, 4.69) is 13.2 Å². The third-order valence-corrected chi connectivity index (χ3v) is 1.03. The minimum atomic E-state index is -0.187. The molecule has 0 rings (SSSR count). The van der Waals surface area contributed by atoms with E-state index in [0.717, 1.165) is 0 Å². The van der Waals surface area contributed by atoms with Crippen molar-refractivity contribution in [3.05, 3.63) is 35.8 Å². The lowest BCUT2D eigenvalue weighted by molar-refractivity contribution is 0.341. The highest BCUT2D eigenvalue weighted by Gasteiger charge is 2.03. The maximum absolute atomic E-state index is 9.03. The van der Waals surface area contributed by atoms with Gasteiger partial charge in [0.05, 0.1) is 0 Å². The van der Waals surface area contributed by atoms with Crippen LogP contribution in [0.5, 0.6) is 0 Å². The van der Waals surface area contributed by atoms with E-state index >= 15 is 0 Å². The smallest absolute Gasteiger partial charge is 0.160 e. The summed E-state index contributed by atoms with van der Waals surface area (Å²) >= 11 is 0. The number of aliphatic hydroxyl groups excluding tert-OH is 2. The van der Waals surface area contributed by atoms with Crippen LogP contribution in [0.1, 0.15) is 13.8 Å². The molecule has 0 saturated heterocycles. The fourth-order valence-corrected chi connectivity index (χ4v) is 0.404. The molecule has 0 aromatic heterocycles. The minimum Gasteiger partial charge on any atom is -0.504 e. The van der Waals surface area contributed by atoms with Crippen LogP contribution in [-0.4, -0.2) is 10.2 Å². The van der Waals surface area contributed by atoms with Gasteiger partial charge in [0.2, 0.25) is 0 Å². The van der Waals surface area contributed by atoms with Gasteiger partial charge in [-0.3, -0.25) is 0 Å². The van der Waals surface area contributed by atoms with Gasteiger partial charge in [0, 0.05) is 0 Å². The predicted octanol–water partition coefficient (Wildman–Crippen LogP) is 2.47. The van der Waals surface area contributed by atoms with Gasteiger partial charge in [0.15, 0.2) is 11.5 Å². The molecule has 0 radical (unpaired) electrons. The molecule has 0 unspecified atom stereocenters. The number of rotatable bonds is 2. The van der Waals surface area contributed by atoms with Crippen LogP contribution in [0, 0.1) is 0 Å². The minimum absolute atomic E-state index is 0.187. The summed E-state index contributed by atoms with van der Waals surface area (Å²) in [5, 5.41) is 18.1. The first-order valence-corrected chi connectivity index (χ1v) is 2.90. The van der Waals surface area contributed by atoms with E-state index in [1.54, 1.807) is 13.8 Å². The highest BCUT2D eigenvalue weighted by atomic mass is 16.3.